The first-order valence-corrected chi connectivity index (χ1v) is 8.47. The van der Waals surface area contributed by atoms with Crippen molar-refractivity contribution in [2.75, 3.05) is 5.32 Å². The van der Waals surface area contributed by atoms with Crippen LogP contribution in [0.25, 0.3) is 0 Å². The van der Waals surface area contributed by atoms with E-state index < -0.39 is 23.8 Å². The molecule has 1 heterocycles. The summed E-state index contributed by atoms with van der Waals surface area (Å²) in [6.07, 6.45) is -4.23. The summed E-state index contributed by atoms with van der Waals surface area (Å²) < 4.78 is 40.0. The van der Waals surface area contributed by atoms with Crippen molar-refractivity contribution in [2.24, 2.45) is 5.92 Å². The first-order valence-electron chi connectivity index (χ1n) is 8.47. The van der Waals surface area contributed by atoms with Gasteiger partial charge < -0.3 is 5.11 Å². The number of carbonyl (C=O) groups excluding carboxylic acids is 2. The van der Waals surface area contributed by atoms with Crippen molar-refractivity contribution in [3.05, 3.63) is 46.6 Å². The van der Waals surface area contributed by atoms with Crippen molar-refractivity contribution in [1.82, 2.24) is 15.1 Å². The van der Waals surface area contributed by atoms with Crippen molar-refractivity contribution in [3.63, 3.8) is 0 Å². The minimum absolute atomic E-state index is 0.114. The third kappa shape index (κ3) is 4.50. The van der Waals surface area contributed by atoms with E-state index in [1.54, 1.807) is 6.92 Å². The van der Waals surface area contributed by atoms with Gasteiger partial charge in [-0.3, -0.25) is 15.4 Å². The summed E-state index contributed by atoms with van der Waals surface area (Å²) >= 11 is 0. The highest BCUT2D eigenvalue weighted by Crippen LogP contribution is 2.34. The van der Waals surface area contributed by atoms with E-state index in [9.17, 15) is 27.9 Å². The zero-order valence-corrected chi connectivity index (χ0v) is 15.5. The fraction of sp³-hybridized carbons (Fsp3) is 0.389. The smallest absolute Gasteiger partial charge is 0.390 e. The fourth-order valence-corrected chi connectivity index (χ4v) is 2.94. The number of hydrogen-bond acceptors (Lipinski definition) is 4. The second-order valence-electron chi connectivity index (χ2n) is 6.55. The molecule has 0 aliphatic carbocycles. The molecular formula is C18H21F3N4O3. The summed E-state index contributed by atoms with van der Waals surface area (Å²) in [7, 11) is 0. The third-order valence-electron chi connectivity index (χ3n) is 4.29. The van der Waals surface area contributed by atoms with Crippen LogP contribution >= 0.6 is 0 Å². The molecule has 10 heteroatoms. The first kappa shape index (κ1) is 21.4. The van der Waals surface area contributed by atoms with Gasteiger partial charge >= 0.3 is 12.2 Å². The standard InChI is InChI=1S/C18H21F3N4O3/c1-10(2)15(12-4-6-13(7-5-12)18(19,20)21)25-16(23-17(28)22-9-27)11(3)14(8-26)24-25/h4-7,9-10,15,26H,8H2,1-3H3,(H2,22,23,27,28). The molecule has 1 atom stereocenters. The molecule has 152 valence electrons. The highest BCUT2D eigenvalue weighted by Gasteiger charge is 2.31. The van der Waals surface area contributed by atoms with E-state index in [4.69, 9.17) is 0 Å². The number of amides is 3. The number of imide groups is 1. The average molecular weight is 398 g/mol. The van der Waals surface area contributed by atoms with Gasteiger partial charge in [0, 0.05) is 5.56 Å². The van der Waals surface area contributed by atoms with E-state index in [-0.39, 0.29) is 24.8 Å². The van der Waals surface area contributed by atoms with Gasteiger partial charge in [0.1, 0.15) is 5.82 Å². The van der Waals surface area contributed by atoms with Crippen LogP contribution < -0.4 is 10.6 Å². The molecule has 2 aromatic rings. The van der Waals surface area contributed by atoms with Crippen LogP contribution in [-0.4, -0.2) is 27.3 Å². The predicted octanol–water partition coefficient (Wildman–Crippen LogP) is 3.23. The molecule has 1 aromatic carbocycles. The minimum Gasteiger partial charge on any atom is -0.390 e. The number of hydrogen-bond donors (Lipinski definition) is 3. The van der Waals surface area contributed by atoms with E-state index >= 15 is 0 Å². The first-order chi connectivity index (χ1) is 13.1. The number of carbonyl (C=O) groups is 2. The highest BCUT2D eigenvalue weighted by molar-refractivity contribution is 5.95. The Morgan fingerprint density at radius 3 is 2.36 bits per heavy atom. The zero-order valence-electron chi connectivity index (χ0n) is 15.5. The van der Waals surface area contributed by atoms with E-state index in [1.165, 1.54) is 16.8 Å². The summed E-state index contributed by atoms with van der Waals surface area (Å²) in [5.41, 5.74) is 0.573. The Morgan fingerprint density at radius 2 is 1.89 bits per heavy atom. The molecule has 0 aliphatic rings. The van der Waals surface area contributed by atoms with Crippen molar-refractivity contribution < 1.29 is 27.9 Å². The van der Waals surface area contributed by atoms with Gasteiger partial charge in [0.25, 0.3) is 0 Å². The van der Waals surface area contributed by atoms with E-state index in [0.717, 1.165) is 12.1 Å². The van der Waals surface area contributed by atoms with Gasteiger partial charge in [-0.1, -0.05) is 26.0 Å². The summed E-state index contributed by atoms with van der Waals surface area (Å²) in [6.45, 7) is 4.96. The molecule has 3 N–H and O–H groups in total. The Kier molecular flexibility index (Phi) is 6.45. The number of nitrogens with zero attached hydrogens (tertiary/aromatic N) is 2. The molecule has 7 nitrogen and oxygen atoms in total. The fourth-order valence-electron chi connectivity index (χ4n) is 2.94. The Labute approximate surface area is 159 Å². The van der Waals surface area contributed by atoms with Crippen LogP contribution in [0, 0.1) is 12.8 Å². The molecule has 0 bridgehead atoms. The number of aromatic nitrogens is 2. The van der Waals surface area contributed by atoms with Crippen molar-refractivity contribution in [1.29, 1.82) is 0 Å². The third-order valence-corrected chi connectivity index (χ3v) is 4.29. The number of aliphatic hydroxyl groups is 1. The van der Waals surface area contributed by atoms with E-state index in [0.29, 0.717) is 16.8 Å². The molecule has 28 heavy (non-hydrogen) atoms. The van der Waals surface area contributed by atoms with Gasteiger partial charge in [-0.15, -0.1) is 0 Å². The number of urea groups is 1. The predicted molar refractivity (Wildman–Crippen MR) is 95.5 cm³/mol. The summed E-state index contributed by atoms with van der Waals surface area (Å²) in [5, 5.41) is 18.3. The van der Waals surface area contributed by atoms with Crippen LogP contribution in [0.15, 0.2) is 24.3 Å². The Hall–Kier alpha value is -2.88. The monoisotopic (exact) mass is 398 g/mol. The molecule has 2 rings (SSSR count). The Morgan fingerprint density at radius 1 is 1.29 bits per heavy atom. The molecule has 0 fully saturated rings. The van der Waals surface area contributed by atoms with E-state index in [2.05, 4.69) is 10.4 Å². The number of benzene rings is 1. The van der Waals surface area contributed by atoms with Crippen LogP contribution in [-0.2, 0) is 17.6 Å². The van der Waals surface area contributed by atoms with Gasteiger partial charge in [-0.25, -0.2) is 9.48 Å². The van der Waals surface area contributed by atoms with Gasteiger partial charge in [0.2, 0.25) is 6.41 Å². The Balaban J connectivity index is 2.53. The average Bonchev–Trinajstić information content (AvgIpc) is 2.91. The molecule has 0 saturated carbocycles. The lowest BCUT2D eigenvalue weighted by molar-refractivity contribution is -0.137. The number of anilines is 1. The van der Waals surface area contributed by atoms with Gasteiger partial charge in [0.15, 0.2) is 0 Å². The molecule has 3 amide bonds. The second-order valence-corrected chi connectivity index (χ2v) is 6.55. The summed E-state index contributed by atoms with van der Waals surface area (Å²) in [5.74, 6) is 0.124. The van der Waals surface area contributed by atoms with Crippen LogP contribution in [0.5, 0.6) is 0 Å². The maximum absolute atomic E-state index is 12.9. The van der Waals surface area contributed by atoms with Gasteiger partial charge in [0.05, 0.1) is 23.9 Å². The summed E-state index contributed by atoms with van der Waals surface area (Å²) in [6, 6.07) is 3.38. The number of nitrogens with one attached hydrogen (secondary N) is 2. The van der Waals surface area contributed by atoms with Crippen molar-refractivity contribution in [2.45, 2.75) is 39.6 Å². The molecule has 0 spiro atoms. The van der Waals surface area contributed by atoms with Gasteiger partial charge in [-0.05, 0) is 30.5 Å². The quantitative estimate of drug-likeness (QED) is 0.651. The lowest BCUT2D eigenvalue weighted by atomic mass is 9.95. The number of aliphatic hydroxyl groups excluding tert-OH is 1. The molecule has 0 saturated heterocycles. The van der Waals surface area contributed by atoms with Gasteiger partial charge in [-0.2, -0.15) is 18.3 Å². The topological polar surface area (TPSA) is 96.2 Å². The molecule has 1 aromatic heterocycles. The second kappa shape index (κ2) is 8.42. The number of alkyl halides is 3. The number of rotatable bonds is 6. The molecular weight excluding hydrogens is 377 g/mol. The maximum Gasteiger partial charge on any atom is 0.416 e. The van der Waals surface area contributed by atoms with Crippen molar-refractivity contribution >= 4 is 18.3 Å². The van der Waals surface area contributed by atoms with E-state index in [1.807, 2.05) is 19.2 Å². The van der Waals surface area contributed by atoms with Crippen LogP contribution in [0.3, 0.4) is 0 Å². The van der Waals surface area contributed by atoms with Crippen LogP contribution in [0.2, 0.25) is 0 Å². The van der Waals surface area contributed by atoms with Crippen LogP contribution in [0.1, 0.15) is 42.3 Å². The minimum atomic E-state index is -4.45. The normalized spacial score (nSPS) is 12.7. The molecule has 0 aliphatic heterocycles. The highest BCUT2D eigenvalue weighted by atomic mass is 19.4. The SMILES string of the molecule is Cc1c(CO)nn(C(c2ccc(C(F)(F)F)cc2)C(C)C)c1NC(=O)NC=O. The maximum atomic E-state index is 12.9. The largest absolute Gasteiger partial charge is 0.416 e. The lowest BCUT2D eigenvalue weighted by Crippen LogP contribution is -2.30. The Bertz CT molecular complexity index is 845. The molecule has 0 radical (unpaired) electrons. The molecule has 1 unspecified atom stereocenters. The summed E-state index contributed by atoms with van der Waals surface area (Å²) in [4.78, 5) is 22.3. The van der Waals surface area contributed by atoms with Crippen molar-refractivity contribution in [3.8, 4) is 0 Å². The number of halogens is 3. The zero-order chi connectivity index (χ0) is 21.1. The lowest BCUT2D eigenvalue weighted by Gasteiger charge is -2.25. The van der Waals surface area contributed by atoms with Crippen LogP contribution in [0.4, 0.5) is 23.8 Å².